The highest BCUT2D eigenvalue weighted by Crippen LogP contribution is 2.39. The summed E-state index contributed by atoms with van der Waals surface area (Å²) in [6.45, 7) is 2.21. The van der Waals surface area contributed by atoms with Gasteiger partial charge in [0, 0.05) is 42.8 Å². The van der Waals surface area contributed by atoms with E-state index in [4.69, 9.17) is 9.47 Å². The lowest BCUT2D eigenvalue weighted by Gasteiger charge is -2.49. The van der Waals surface area contributed by atoms with E-state index in [0.29, 0.717) is 13.0 Å². The zero-order chi connectivity index (χ0) is 23.7. The van der Waals surface area contributed by atoms with E-state index in [1.54, 1.807) is 26.4 Å². The molecule has 0 radical (unpaired) electrons. The molecule has 0 saturated carbocycles. The molecule has 0 aliphatic carbocycles. The van der Waals surface area contributed by atoms with E-state index in [2.05, 4.69) is 27.2 Å². The van der Waals surface area contributed by atoms with Gasteiger partial charge >= 0.3 is 0 Å². The molecular weight excluding hydrogens is 433 g/mol. The average Bonchev–Trinajstić information content (AvgIpc) is 2.88. The van der Waals surface area contributed by atoms with Crippen molar-refractivity contribution in [3.63, 3.8) is 0 Å². The maximum absolute atomic E-state index is 13.5. The molecule has 2 unspecified atom stereocenters. The number of piperazine rings is 1. The Morgan fingerprint density at radius 3 is 2.35 bits per heavy atom. The van der Waals surface area contributed by atoms with Crippen LogP contribution in [0.4, 0.5) is 21.5 Å². The van der Waals surface area contributed by atoms with Gasteiger partial charge in [0.05, 0.1) is 26.2 Å². The van der Waals surface area contributed by atoms with Gasteiger partial charge in [0.2, 0.25) is 5.91 Å². The van der Waals surface area contributed by atoms with Crippen LogP contribution in [0.1, 0.15) is 5.56 Å². The number of anilines is 3. The van der Waals surface area contributed by atoms with Crippen LogP contribution in [0.15, 0.2) is 66.7 Å². The highest BCUT2D eigenvalue weighted by molar-refractivity contribution is 5.94. The molecule has 1 amide bonds. The predicted molar refractivity (Wildman–Crippen MR) is 132 cm³/mol. The Balaban J connectivity index is 1.44. The monoisotopic (exact) mass is 461 g/mol. The number of nitrogens with zero attached hydrogens (tertiary/aromatic N) is 2. The highest BCUT2D eigenvalue weighted by atomic mass is 19.1. The predicted octanol–water partition coefficient (Wildman–Crippen LogP) is 4.35. The second kappa shape index (κ2) is 9.25. The van der Waals surface area contributed by atoms with Gasteiger partial charge in [-0.15, -0.1) is 0 Å². The fourth-order valence-corrected chi connectivity index (χ4v) is 5.00. The number of ether oxygens (including phenoxy) is 2. The molecule has 2 aliphatic rings. The Morgan fingerprint density at radius 1 is 0.941 bits per heavy atom. The summed E-state index contributed by atoms with van der Waals surface area (Å²) in [7, 11) is 3.28. The summed E-state index contributed by atoms with van der Waals surface area (Å²) < 4.78 is 24.2. The van der Waals surface area contributed by atoms with Gasteiger partial charge in [0.1, 0.15) is 17.3 Å². The standard InChI is InChI=1S/C27H28FN3O3/c1-33-22-11-6-20(7-12-22)29-27(32)24-15-18-3-10-23(34-2)16-25(18)31-14-13-30(17-26(24)31)21-8-4-19(28)5-9-21/h3-12,16,24,26H,13-15,17H2,1-2H3,(H,29,32). The second-order valence-corrected chi connectivity index (χ2v) is 8.71. The van der Waals surface area contributed by atoms with E-state index >= 15 is 0 Å². The van der Waals surface area contributed by atoms with Crippen molar-refractivity contribution >= 4 is 23.0 Å². The number of methoxy groups -OCH3 is 2. The van der Waals surface area contributed by atoms with Gasteiger partial charge in [-0.1, -0.05) is 6.07 Å². The van der Waals surface area contributed by atoms with Gasteiger partial charge in [0.25, 0.3) is 0 Å². The summed E-state index contributed by atoms with van der Waals surface area (Å²) in [4.78, 5) is 18.1. The molecule has 7 heteroatoms. The Morgan fingerprint density at radius 2 is 1.65 bits per heavy atom. The zero-order valence-corrected chi connectivity index (χ0v) is 19.3. The smallest absolute Gasteiger partial charge is 0.229 e. The highest BCUT2D eigenvalue weighted by Gasteiger charge is 2.41. The third-order valence-electron chi connectivity index (χ3n) is 6.81. The number of hydrogen-bond acceptors (Lipinski definition) is 5. The summed E-state index contributed by atoms with van der Waals surface area (Å²) in [5.74, 6) is 1.04. The number of hydrogen-bond donors (Lipinski definition) is 1. The maximum Gasteiger partial charge on any atom is 0.229 e. The number of rotatable bonds is 5. The lowest BCUT2D eigenvalue weighted by atomic mass is 9.83. The zero-order valence-electron chi connectivity index (χ0n) is 19.3. The first kappa shape index (κ1) is 22.1. The van der Waals surface area contributed by atoms with E-state index < -0.39 is 0 Å². The minimum Gasteiger partial charge on any atom is -0.497 e. The molecule has 2 heterocycles. The lowest BCUT2D eigenvalue weighted by molar-refractivity contribution is -0.120. The Labute approximate surface area is 198 Å². The van der Waals surface area contributed by atoms with Crippen LogP contribution >= 0.6 is 0 Å². The van der Waals surface area contributed by atoms with Crippen molar-refractivity contribution in [2.75, 3.05) is 49.0 Å². The van der Waals surface area contributed by atoms with Crippen molar-refractivity contribution in [2.24, 2.45) is 5.92 Å². The Kier molecular flexibility index (Phi) is 6.01. The van der Waals surface area contributed by atoms with Gasteiger partial charge < -0.3 is 24.6 Å². The van der Waals surface area contributed by atoms with E-state index in [9.17, 15) is 9.18 Å². The second-order valence-electron chi connectivity index (χ2n) is 8.71. The Bertz CT molecular complexity index is 1170. The van der Waals surface area contributed by atoms with Gasteiger partial charge in [0.15, 0.2) is 0 Å². The first-order valence-corrected chi connectivity index (χ1v) is 11.4. The Hall–Kier alpha value is -3.74. The largest absolute Gasteiger partial charge is 0.497 e. The van der Waals surface area contributed by atoms with Crippen molar-refractivity contribution in [2.45, 2.75) is 12.5 Å². The minimum atomic E-state index is -0.252. The summed E-state index contributed by atoms with van der Waals surface area (Å²) in [5.41, 5.74) is 3.97. The molecule has 2 atom stereocenters. The van der Waals surface area contributed by atoms with Gasteiger partial charge in [-0.3, -0.25) is 4.79 Å². The molecule has 0 spiro atoms. The molecule has 6 nitrogen and oxygen atoms in total. The van der Waals surface area contributed by atoms with Crippen LogP contribution in [0, 0.1) is 11.7 Å². The van der Waals surface area contributed by atoms with Crippen LogP contribution < -0.4 is 24.6 Å². The molecule has 3 aromatic carbocycles. The van der Waals surface area contributed by atoms with Crippen LogP contribution in [0.3, 0.4) is 0 Å². The van der Waals surface area contributed by atoms with Crippen molar-refractivity contribution in [3.8, 4) is 11.5 Å². The molecule has 0 aromatic heterocycles. The number of fused-ring (bicyclic) bond motifs is 3. The molecule has 1 fully saturated rings. The van der Waals surface area contributed by atoms with Crippen LogP contribution in [-0.4, -0.2) is 45.8 Å². The van der Waals surface area contributed by atoms with Crippen LogP contribution in [0.25, 0.3) is 0 Å². The number of halogens is 1. The van der Waals surface area contributed by atoms with Crippen LogP contribution in [0.5, 0.6) is 11.5 Å². The van der Waals surface area contributed by atoms with E-state index in [0.717, 1.165) is 47.2 Å². The number of nitrogens with one attached hydrogen (secondary N) is 1. The minimum absolute atomic E-state index is 0.0115. The average molecular weight is 462 g/mol. The molecule has 2 aliphatic heterocycles. The third kappa shape index (κ3) is 4.25. The van der Waals surface area contributed by atoms with E-state index in [1.165, 1.54) is 12.1 Å². The quantitative estimate of drug-likeness (QED) is 0.612. The molecule has 1 N–H and O–H groups in total. The fraction of sp³-hybridized carbons (Fsp3) is 0.296. The number of carbonyl (C=O) groups excluding carboxylic acids is 1. The molecule has 34 heavy (non-hydrogen) atoms. The SMILES string of the molecule is COc1ccc(NC(=O)C2Cc3ccc(OC)cc3N3CCN(c4ccc(F)cc4)CC23)cc1. The van der Waals surface area contributed by atoms with Crippen molar-refractivity contribution in [3.05, 3.63) is 78.1 Å². The van der Waals surface area contributed by atoms with Crippen LogP contribution in [0.2, 0.25) is 0 Å². The van der Waals surface area contributed by atoms with Crippen molar-refractivity contribution in [1.29, 1.82) is 0 Å². The van der Waals surface area contributed by atoms with Gasteiger partial charge in [-0.2, -0.15) is 0 Å². The number of carbonyl (C=O) groups is 1. The van der Waals surface area contributed by atoms with Crippen LogP contribution in [-0.2, 0) is 11.2 Å². The molecule has 176 valence electrons. The van der Waals surface area contributed by atoms with Gasteiger partial charge in [-0.05, 0) is 66.6 Å². The summed E-state index contributed by atoms with van der Waals surface area (Å²) >= 11 is 0. The summed E-state index contributed by atoms with van der Waals surface area (Å²) in [6.07, 6.45) is 0.639. The summed E-state index contributed by atoms with van der Waals surface area (Å²) in [6, 6.07) is 20.0. The topological polar surface area (TPSA) is 54.0 Å². The molecular formula is C27H28FN3O3. The first-order valence-electron chi connectivity index (χ1n) is 11.4. The molecule has 1 saturated heterocycles. The van der Waals surface area contributed by atoms with Crippen molar-refractivity contribution in [1.82, 2.24) is 0 Å². The van der Waals surface area contributed by atoms with Crippen molar-refractivity contribution < 1.29 is 18.7 Å². The first-order chi connectivity index (χ1) is 16.6. The fourth-order valence-electron chi connectivity index (χ4n) is 5.00. The molecule has 0 bridgehead atoms. The lowest BCUT2D eigenvalue weighted by Crippen LogP contribution is -2.60. The molecule has 3 aromatic rings. The van der Waals surface area contributed by atoms with E-state index in [1.807, 2.05) is 30.3 Å². The normalized spacial score (nSPS) is 19.1. The van der Waals surface area contributed by atoms with E-state index in [-0.39, 0.29) is 23.7 Å². The number of benzene rings is 3. The molecule has 5 rings (SSSR count). The maximum atomic E-state index is 13.5. The number of amides is 1. The van der Waals surface area contributed by atoms with Gasteiger partial charge in [-0.25, -0.2) is 4.39 Å². The summed E-state index contributed by atoms with van der Waals surface area (Å²) in [5, 5.41) is 3.10. The third-order valence-corrected chi connectivity index (χ3v) is 6.81.